The Morgan fingerprint density at radius 1 is 1.23 bits per heavy atom. The smallest absolute Gasteiger partial charge is 0.179 e. The number of aromatic hydroxyl groups is 1. The molecule has 0 saturated heterocycles. The summed E-state index contributed by atoms with van der Waals surface area (Å²) in [5, 5.41) is 15.8. The standard InChI is InChI=1S/C20H21N3O2S/c1-23(2)7-8-26-13-10-17-19-14(5-6-21-20(19)18(25)11-13)15-9-12(24)3-4-16(15)22-17/h3-4,9-11,21,25H,5-8H2,1-2H3. The third kappa shape index (κ3) is 3.10. The molecule has 0 fully saturated rings. The molecule has 5 nitrogen and oxygen atoms in total. The number of thioether (sulfide) groups is 1. The number of rotatable bonds is 4. The Morgan fingerprint density at radius 3 is 2.88 bits per heavy atom. The van der Waals surface area contributed by atoms with Crippen LogP contribution in [0, 0.1) is 0 Å². The van der Waals surface area contributed by atoms with E-state index in [9.17, 15) is 9.90 Å². The second-order valence-corrected chi connectivity index (χ2v) is 7.98. The fourth-order valence-electron chi connectivity index (χ4n) is 3.40. The second-order valence-electron chi connectivity index (χ2n) is 6.81. The van der Waals surface area contributed by atoms with Gasteiger partial charge in [0.15, 0.2) is 5.43 Å². The number of aromatic nitrogens is 1. The van der Waals surface area contributed by atoms with E-state index in [0.29, 0.717) is 5.69 Å². The molecule has 26 heavy (non-hydrogen) atoms. The van der Waals surface area contributed by atoms with Gasteiger partial charge in [-0.1, -0.05) is 0 Å². The summed E-state index contributed by atoms with van der Waals surface area (Å²) in [6.07, 6.45) is 0.804. The molecule has 0 atom stereocenters. The third-order valence-corrected chi connectivity index (χ3v) is 5.60. The topological polar surface area (TPSA) is 65.5 Å². The number of nitrogens with zero attached hydrogens (tertiary/aromatic N) is 2. The van der Waals surface area contributed by atoms with E-state index in [1.54, 1.807) is 30.0 Å². The van der Waals surface area contributed by atoms with Crippen LogP contribution in [-0.2, 0) is 6.42 Å². The first-order valence-corrected chi connectivity index (χ1v) is 9.66. The summed E-state index contributed by atoms with van der Waals surface area (Å²) < 4.78 is 0. The molecular weight excluding hydrogens is 346 g/mol. The lowest BCUT2D eigenvalue weighted by Crippen LogP contribution is -2.14. The molecule has 0 saturated carbocycles. The largest absolute Gasteiger partial charge is 0.506 e. The Labute approximate surface area is 156 Å². The third-order valence-electron chi connectivity index (χ3n) is 4.64. The molecule has 1 aliphatic heterocycles. The van der Waals surface area contributed by atoms with Crippen molar-refractivity contribution in [3.8, 4) is 5.75 Å². The number of fused-ring (bicyclic) bond motifs is 2. The molecule has 0 aliphatic carbocycles. The van der Waals surface area contributed by atoms with Crippen LogP contribution in [0.5, 0.6) is 5.75 Å². The SMILES string of the molecule is CN(C)CCSc1cc(O)c2c3c(c4cc(=O)ccc4nc3c1)CCN2. The summed E-state index contributed by atoms with van der Waals surface area (Å²) >= 11 is 1.70. The Kier molecular flexibility index (Phi) is 4.46. The van der Waals surface area contributed by atoms with Gasteiger partial charge in [-0.25, -0.2) is 4.98 Å². The molecule has 0 bridgehead atoms. The van der Waals surface area contributed by atoms with Crippen LogP contribution in [0.1, 0.15) is 5.56 Å². The molecule has 0 amide bonds. The lowest BCUT2D eigenvalue weighted by atomic mass is 9.97. The zero-order valence-electron chi connectivity index (χ0n) is 14.9. The first-order chi connectivity index (χ1) is 12.5. The molecule has 1 aromatic heterocycles. The van der Waals surface area contributed by atoms with Gasteiger partial charge >= 0.3 is 0 Å². The van der Waals surface area contributed by atoms with Crippen molar-refractivity contribution in [2.75, 3.05) is 38.3 Å². The monoisotopic (exact) mass is 367 g/mol. The van der Waals surface area contributed by atoms with E-state index in [-0.39, 0.29) is 11.2 Å². The van der Waals surface area contributed by atoms with Crippen molar-refractivity contribution in [2.24, 2.45) is 0 Å². The van der Waals surface area contributed by atoms with Crippen LogP contribution in [0.15, 0.2) is 40.0 Å². The average molecular weight is 367 g/mol. The minimum atomic E-state index is -0.0144. The van der Waals surface area contributed by atoms with Gasteiger partial charge in [0.25, 0.3) is 0 Å². The number of hydrogen-bond acceptors (Lipinski definition) is 6. The van der Waals surface area contributed by atoms with Crippen LogP contribution in [0.3, 0.4) is 0 Å². The van der Waals surface area contributed by atoms with Crippen molar-refractivity contribution in [1.82, 2.24) is 9.88 Å². The highest BCUT2D eigenvalue weighted by Gasteiger charge is 2.19. The van der Waals surface area contributed by atoms with E-state index in [1.165, 1.54) is 0 Å². The molecular formula is C20H21N3O2S. The summed E-state index contributed by atoms with van der Waals surface area (Å²) in [6.45, 7) is 1.69. The van der Waals surface area contributed by atoms with Crippen molar-refractivity contribution in [1.29, 1.82) is 0 Å². The Bertz CT molecular complexity index is 1070. The molecule has 0 radical (unpaired) electrons. The summed E-state index contributed by atoms with van der Waals surface area (Å²) in [4.78, 5) is 19.8. The minimum absolute atomic E-state index is 0.0144. The van der Waals surface area contributed by atoms with Crippen molar-refractivity contribution in [2.45, 2.75) is 11.3 Å². The lowest BCUT2D eigenvalue weighted by Gasteiger charge is -2.19. The highest BCUT2D eigenvalue weighted by atomic mass is 32.2. The van der Waals surface area contributed by atoms with Crippen molar-refractivity contribution < 1.29 is 5.11 Å². The van der Waals surface area contributed by atoms with Crippen LogP contribution in [0.25, 0.3) is 21.8 Å². The van der Waals surface area contributed by atoms with Gasteiger partial charge < -0.3 is 15.3 Å². The number of anilines is 1. The van der Waals surface area contributed by atoms with Gasteiger partial charge in [-0.05, 0) is 56.4 Å². The van der Waals surface area contributed by atoms with Crippen LogP contribution in [0.2, 0.25) is 0 Å². The van der Waals surface area contributed by atoms with E-state index in [0.717, 1.165) is 57.5 Å². The zero-order valence-corrected chi connectivity index (χ0v) is 15.7. The van der Waals surface area contributed by atoms with E-state index < -0.39 is 0 Å². The minimum Gasteiger partial charge on any atom is -0.506 e. The summed E-state index contributed by atoms with van der Waals surface area (Å²) in [7, 11) is 4.10. The van der Waals surface area contributed by atoms with Gasteiger partial charge in [-0.3, -0.25) is 4.79 Å². The Morgan fingerprint density at radius 2 is 2.08 bits per heavy atom. The molecule has 1 aliphatic rings. The summed E-state index contributed by atoms with van der Waals surface area (Å²) in [5.41, 5.74) is 3.47. The van der Waals surface area contributed by atoms with E-state index in [1.807, 2.05) is 26.2 Å². The van der Waals surface area contributed by atoms with E-state index in [4.69, 9.17) is 4.98 Å². The Hall–Kier alpha value is -2.31. The molecule has 0 unspecified atom stereocenters. The zero-order chi connectivity index (χ0) is 18.3. The fourth-order valence-corrected chi connectivity index (χ4v) is 4.49. The average Bonchev–Trinajstić information content (AvgIpc) is 2.73. The van der Waals surface area contributed by atoms with Crippen LogP contribution < -0.4 is 10.7 Å². The van der Waals surface area contributed by atoms with Gasteiger partial charge in [-0.2, -0.15) is 0 Å². The maximum Gasteiger partial charge on any atom is 0.179 e. The summed E-state index contributed by atoms with van der Waals surface area (Å²) in [5.74, 6) is 1.16. The van der Waals surface area contributed by atoms with Crippen LogP contribution in [-0.4, -0.2) is 47.9 Å². The molecule has 4 rings (SSSR count). The number of nitrogens with one attached hydrogen (secondary N) is 1. The molecule has 134 valence electrons. The fraction of sp³-hybridized carbons (Fsp3) is 0.300. The predicted molar refractivity (Wildman–Crippen MR) is 109 cm³/mol. The van der Waals surface area contributed by atoms with Gasteiger partial charge in [0.1, 0.15) is 5.75 Å². The van der Waals surface area contributed by atoms with Crippen LogP contribution in [0.4, 0.5) is 5.69 Å². The first-order valence-electron chi connectivity index (χ1n) is 8.68. The quantitative estimate of drug-likeness (QED) is 0.691. The van der Waals surface area contributed by atoms with Crippen molar-refractivity contribution in [3.63, 3.8) is 0 Å². The molecule has 2 heterocycles. The molecule has 2 N–H and O–H groups in total. The maximum absolute atomic E-state index is 11.8. The van der Waals surface area contributed by atoms with Gasteiger partial charge in [-0.15, -0.1) is 11.8 Å². The highest BCUT2D eigenvalue weighted by molar-refractivity contribution is 7.99. The van der Waals surface area contributed by atoms with Crippen molar-refractivity contribution >= 4 is 39.3 Å². The van der Waals surface area contributed by atoms with E-state index in [2.05, 4.69) is 10.2 Å². The maximum atomic E-state index is 11.8. The van der Waals surface area contributed by atoms with Crippen LogP contribution >= 0.6 is 11.8 Å². The molecule has 2 aromatic carbocycles. The van der Waals surface area contributed by atoms with Gasteiger partial charge in [0.2, 0.25) is 0 Å². The normalized spacial score (nSPS) is 13.3. The first kappa shape index (κ1) is 17.1. The molecule has 6 heteroatoms. The summed E-state index contributed by atoms with van der Waals surface area (Å²) in [6, 6.07) is 8.86. The number of hydrogen-bond donors (Lipinski definition) is 2. The predicted octanol–water partition coefficient (Wildman–Crippen LogP) is 3.08. The van der Waals surface area contributed by atoms with Gasteiger partial charge in [0, 0.05) is 34.5 Å². The second kappa shape index (κ2) is 6.78. The number of pyridine rings is 1. The highest BCUT2D eigenvalue weighted by Crippen LogP contribution is 2.40. The Balaban J connectivity index is 1.97. The molecule has 3 aromatic rings. The van der Waals surface area contributed by atoms with Gasteiger partial charge in [0.05, 0.1) is 16.7 Å². The number of benzene rings is 1. The lowest BCUT2D eigenvalue weighted by molar-refractivity contribution is 0.437. The molecule has 0 spiro atoms. The van der Waals surface area contributed by atoms with Crippen molar-refractivity contribution in [3.05, 3.63) is 46.1 Å². The van der Waals surface area contributed by atoms with E-state index >= 15 is 0 Å².